The van der Waals surface area contributed by atoms with Crippen LogP contribution in [-0.4, -0.2) is 43.7 Å². The summed E-state index contributed by atoms with van der Waals surface area (Å²) >= 11 is 0. The molecule has 0 rings (SSSR count). The van der Waals surface area contributed by atoms with Crippen molar-refractivity contribution in [2.75, 3.05) is 26.8 Å². The van der Waals surface area contributed by atoms with Crippen molar-refractivity contribution < 1.29 is 9.53 Å². The Morgan fingerprint density at radius 3 is 2.43 bits per heavy atom. The lowest BCUT2D eigenvalue weighted by Crippen LogP contribution is -2.47. The molecule has 14 heavy (non-hydrogen) atoms. The molecule has 0 aromatic carbocycles. The Morgan fingerprint density at radius 1 is 1.50 bits per heavy atom. The lowest BCUT2D eigenvalue weighted by atomic mass is 10.0. The highest BCUT2D eigenvalue weighted by Crippen LogP contribution is 2.03. The van der Waals surface area contributed by atoms with E-state index in [4.69, 9.17) is 10.5 Å². The molecule has 0 bridgehead atoms. The van der Waals surface area contributed by atoms with Crippen molar-refractivity contribution in [3.8, 4) is 0 Å². The molecule has 0 aliphatic heterocycles. The van der Waals surface area contributed by atoms with Gasteiger partial charge < -0.3 is 15.4 Å². The van der Waals surface area contributed by atoms with E-state index in [0.717, 1.165) is 0 Å². The van der Waals surface area contributed by atoms with Gasteiger partial charge in [-0.15, -0.1) is 0 Å². The summed E-state index contributed by atoms with van der Waals surface area (Å²) in [4.78, 5) is 13.5. The smallest absolute Gasteiger partial charge is 0.239 e. The molecule has 0 radical (unpaired) electrons. The van der Waals surface area contributed by atoms with E-state index in [9.17, 15) is 4.79 Å². The SMILES string of the molecule is CCN(CCOC)C(=O)[C@H](N)C(C)C. The molecule has 4 heteroatoms. The van der Waals surface area contributed by atoms with E-state index in [1.165, 1.54) is 0 Å². The number of amides is 1. The summed E-state index contributed by atoms with van der Waals surface area (Å²) in [6.07, 6.45) is 0. The van der Waals surface area contributed by atoms with E-state index in [0.29, 0.717) is 19.7 Å². The Bertz CT molecular complexity index is 172. The molecule has 0 aliphatic carbocycles. The molecule has 0 aliphatic rings. The molecule has 0 aromatic rings. The van der Waals surface area contributed by atoms with Gasteiger partial charge in [-0.05, 0) is 12.8 Å². The highest BCUT2D eigenvalue weighted by molar-refractivity contribution is 5.81. The highest BCUT2D eigenvalue weighted by Gasteiger charge is 2.21. The topological polar surface area (TPSA) is 55.6 Å². The van der Waals surface area contributed by atoms with Crippen molar-refractivity contribution >= 4 is 5.91 Å². The van der Waals surface area contributed by atoms with Crippen LogP contribution in [0.25, 0.3) is 0 Å². The van der Waals surface area contributed by atoms with Crippen LogP contribution in [-0.2, 0) is 9.53 Å². The molecule has 0 aromatic heterocycles. The van der Waals surface area contributed by atoms with Crippen LogP contribution in [0.2, 0.25) is 0 Å². The standard InChI is InChI=1S/C10H22N2O2/c1-5-12(6-7-14-4)10(13)9(11)8(2)3/h8-9H,5-7,11H2,1-4H3/t9-/m1/s1. The van der Waals surface area contributed by atoms with Crippen LogP contribution in [0.3, 0.4) is 0 Å². The zero-order valence-electron chi connectivity index (χ0n) is 9.62. The number of nitrogens with zero attached hydrogens (tertiary/aromatic N) is 1. The molecule has 1 amide bonds. The van der Waals surface area contributed by atoms with E-state index in [1.54, 1.807) is 12.0 Å². The highest BCUT2D eigenvalue weighted by atomic mass is 16.5. The first-order valence-electron chi connectivity index (χ1n) is 5.07. The summed E-state index contributed by atoms with van der Waals surface area (Å²) < 4.78 is 4.93. The molecule has 0 unspecified atom stereocenters. The van der Waals surface area contributed by atoms with Crippen molar-refractivity contribution in [1.29, 1.82) is 0 Å². The minimum absolute atomic E-state index is 0.0135. The predicted molar refractivity (Wildman–Crippen MR) is 56.9 cm³/mol. The summed E-state index contributed by atoms with van der Waals surface area (Å²) in [7, 11) is 1.63. The fourth-order valence-electron chi connectivity index (χ4n) is 1.12. The van der Waals surface area contributed by atoms with Crippen LogP contribution in [0, 0.1) is 5.92 Å². The summed E-state index contributed by atoms with van der Waals surface area (Å²) in [6.45, 7) is 7.71. The van der Waals surface area contributed by atoms with Crippen LogP contribution >= 0.6 is 0 Å². The third-order valence-corrected chi connectivity index (χ3v) is 2.26. The summed E-state index contributed by atoms with van der Waals surface area (Å²) in [5.74, 6) is 0.193. The monoisotopic (exact) mass is 202 g/mol. The molecule has 1 atom stereocenters. The second-order valence-corrected chi connectivity index (χ2v) is 3.68. The maximum Gasteiger partial charge on any atom is 0.239 e. The van der Waals surface area contributed by atoms with Gasteiger partial charge in [-0.1, -0.05) is 13.8 Å². The Labute approximate surface area is 86.4 Å². The molecule has 84 valence electrons. The normalized spacial score (nSPS) is 13.0. The lowest BCUT2D eigenvalue weighted by Gasteiger charge is -2.25. The predicted octanol–water partition coefficient (Wildman–Crippen LogP) is 0.465. The number of likely N-dealkylation sites (N-methyl/N-ethyl adjacent to an activating group) is 1. The van der Waals surface area contributed by atoms with Crippen molar-refractivity contribution in [2.24, 2.45) is 11.7 Å². The van der Waals surface area contributed by atoms with Crippen LogP contribution < -0.4 is 5.73 Å². The van der Waals surface area contributed by atoms with Gasteiger partial charge in [-0.2, -0.15) is 0 Å². The molecule has 0 saturated heterocycles. The quantitative estimate of drug-likeness (QED) is 0.681. The van der Waals surface area contributed by atoms with Crippen LogP contribution in [0.5, 0.6) is 0 Å². The van der Waals surface area contributed by atoms with E-state index in [-0.39, 0.29) is 11.8 Å². The maximum absolute atomic E-state index is 11.8. The van der Waals surface area contributed by atoms with Gasteiger partial charge in [0.25, 0.3) is 0 Å². The van der Waals surface area contributed by atoms with Gasteiger partial charge in [0.1, 0.15) is 0 Å². The number of ether oxygens (including phenoxy) is 1. The Morgan fingerprint density at radius 2 is 2.07 bits per heavy atom. The lowest BCUT2D eigenvalue weighted by molar-refractivity contribution is -0.134. The third-order valence-electron chi connectivity index (χ3n) is 2.26. The van der Waals surface area contributed by atoms with E-state index < -0.39 is 6.04 Å². The fourth-order valence-corrected chi connectivity index (χ4v) is 1.12. The number of hydrogen-bond acceptors (Lipinski definition) is 3. The third kappa shape index (κ3) is 4.07. The Hall–Kier alpha value is -0.610. The van der Waals surface area contributed by atoms with Gasteiger partial charge in [0, 0.05) is 20.2 Å². The number of nitrogens with two attached hydrogens (primary N) is 1. The van der Waals surface area contributed by atoms with Gasteiger partial charge in [0.2, 0.25) is 5.91 Å². The summed E-state index contributed by atoms with van der Waals surface area (Å²) in [6, 6.07) is -0.396. The number of carbonyl (C=O) groups excluding carboxylic acids is 1. The fraction of sp³-hybridized carbons (Fsp3) is 0.900. The summed E-state index contributed by atoms with van der Waals surface area (Å²) in [5.41, 5.74) is 5.78. The number of carbonyl (C=O) groups is 1. The van der Waals surface area contributed by atoms with Crippen LogP contribution in [0.4, 0.5) is 0 Å². The largest absolute Gasteiger partial charge is 0.383 e. The molecular formula is C10H22N2O2. The summed E-state index contributed by atoms with van der Waals surface area (Å²) in [5, 5.41) is 0. The molecular weight excluding hydrogens is 180 g/mol. The Balaban J connectivity index is 4.16. The average molecular weight is 202 g/mol. The Kier molecular flexibility index (Phi) is 6.49. The van der Waals surface area contributed by atoms with Crippen LogP contribution in [0.1, 0.15) is 20.8 Å². The van der Waals surface area contributed by atoms with Gasteiger partial charge in [0.05, 0.1) is 12.6 Å². The van der Waals surface area contributed by atoms with Gasteiger partial charge in [-0.3, -0.25) is 4.79 Å². The second-order valence-electron chi connectivity index (χ2n) is 3.68. The van der Waals surface area contributed by atoms with Crippen LogP contribution in [0.15, 0.2) is 0 Å². The molecule has 0 heterocycles. The molecule has 0 fully saturated rings. The average Bonchev–Trinajstić information content (AvgIpc) is 2.17. The number of methoxy groups -OCH3 is 1. The zero-order chi connectivity index (χ0) is 11.1. The first kappa shape index (κ1) is 13.4. The first-order valence-corrected chi connectivity index (χ1v) is 5.07. The minimum Gasteiger partial charge on any atom is -0.383 e. The van der Waals surface area contributed by atoms with Crippen molar-refractivity contribution in [3.05, 3.63) is 0 Å². The number of rotatable bonds is 6. The van der Waals surface area contributed by atoms with Crippen molar-refractivity contribution in [3.63, 3.8) is 0 Å². The van der Waals surface area contributed by atoms with Gasteiger partial charge >= 0.3 is 0 Å². The second kappa shape index (κ2) is 6.79. The maximum atomic E-state index is 11.8. The molecule has 0 spiro atoms. The number of hydrogen-bond donors (Lipinski definition) is 1. The van der Waals surface area contributed by atoms with E-state index in [2.05, 4.69) is 0 Å². The first-order chi connectivity index (χ1) is 6.54. The molecule has 2 N–H and O–H groups in total. The molecule has 4 nitrogen and oxygen atoms in total. The van der Waals surface area contributed by atoms with Gasteiger partial charge in [-0.25, -0.2) is 0 Å². The van der Waals surface area contributed by atoms with E-state index in [1.807, 2.05) is 20.8 Å². The van der Waals surface area contributed by atoms with Crippen molar-refractivity contribution in [1.82, 2.24) is 4.90 Å². The van der Waals surface area contributed by atoms with E-state index >= 15 is 0 Å². The van der Waals surface area contributed by atoms with Gasteiger partial charge in [0.15, 0.2) is 0 Å². The van der Waals surface area contributed by atoms with Crippen molar-refractivity contribution in [2.45, 2.75) is 26.8 Å². The molecule has 0 saturated carbocycles. The minimum atomic E-state index is -0.396. The zero-order valence-corrected chi connectivity index (χ0v) is 9.62.